The fraction of sp³-hybridized carbons (Fsp3) is 0.943. The minimum Gasteiger partial charge on any atom is -0.465 e. The van der Waals surface area contributed by atoms with Crippen LogP contribution in [0.4, 0.5) is 0 Å². The maximum Gasteiger partial charge on any atom is 0.320 e. The van der Waals surface area contributed by atoms with E-state index in [1.54, 1.807) is 0 Å². The zero-order chi connectivity index (χ0) is 29.1. The zero-order valence-electron chi connectivity index (χ0n) is 27.2. The van der Waals surface area contributed by atoms with E-state index in [9.17, 15) is 9.59 Å². The van der Waals surface area contributed by atoms with Crippen LogP contribution in [-0.4, -0.2) is 25.2 Å². The van der Waals surface area contributed by atoms with Crippen LogP contribution in [0.1, 0.15) is 176 Å². The molecule has 0 saturated heterocycles. The first-order valence-corrected chi connectivity index (χ1v) is 17.2. The Labute approximate surface area is 244 Å². The molecule has 0 aliphatic heterocycles. The average Bonchev–Trinajstić information content (AvgIpc) is 2.93. The molecule has 0 aromatic carbocycles. The minimum absolute atomic E-state index is 0.370. The highest BCUT2D eigenvalue weighted by Crippen LogP contribution is 2.20. The van der Waals surface area contributed by atoms with Gasteiger partial charge in [0.25, 0.3) is 0 Å². The molecular formula is C35H68O4. The maximum atomic E-state index is 13.0. The monoisotopic (exact) mass is 553 g/mol. The van der Waals surface area contributed by atoms with Crippen LogP contribution in [-0.2, 0) is 19.1 Å². The van der Waals surface area contributed by atoms with Gasteiger partial charge in [0.1, 0.15) is 0 Å². The van der Waals surface area contributed by atoms with Crippen LogP contribution >= 0.6 is 0 Å². The lowest BCUT2D eigenvalue weighted by Gasteiger charge is -2.20. The molecule has 0 fully saturated rings. The first kappa shape index (κ1) is 37.9. The lowest BCUT2D eigenvalue weighted by molar-refractivity contribution is -0.164. The highest BCUT2D eigenvalue weighted by molar-refractivity contribution is 5.94. The molecule has 0 aliphatic carbocycles. The van der Waals surface area contributed by atoms with E-state index >= 15 is 0 Å². The van der Waals surface area contributed by atoms with Gasteiger partial charge in [-0.2, -0.15) is 0 Å². The molecule has 2 atom stereocenters. The summed E-state index contributed by atoms with van der Waals surface area (Å²) in [4.78, 5) is 26.0. The molecule has 0 N–H and O–H groups in total. The van der Waals surface area contributed by atoms with E-state index in [1.807, 2.05) is 0 Å². The summed E-state index contributed by atoms with van der Waals surface area (Å²) >= 11 is 0. The van der Waals surface area contributed by atoms with Crippen LogP contribution in [0.2, 0.25) is 0 Å². The van der Waals surface area contributed by atoms with Gasteiger partial charge in [0, 0.05) is 0 Å². The van der Waals surface area contributed by atoms with Gasteiger partial charge in [0.15, 0.2) is 5.92 Å². The summed E-state index contributed by atoms with van der Waals surface area (Å²) in [7, 11) is 0. The standard InChI is InChI=1S/C35H68O4/c1-7-11-25-31(9-3)28-38-34(36)33(35(37)39-29-32(10-4)26-12-8-2)27-23-21-19-17-15-13-14-16-18-20-22-24-30(5)6/h30-33H,7-29H2,1-6H3. The SMILES string of the molecule is CCCCC(CC)COC(=O)C(CCCCCCCCCCCCCC(C)C)C(=O)OCC(CC)CCCC. The molecule has 0 spiro atoms. The van der Waals surface area contributed by atoms with E-state index < -0.39 is 5.92 Å². The third-order valence-electron chi connectivity index (χ3n) is 8.35. The highest BCUT2D eigenvalue weighted by atomic mass is 16.6. The predicted molar refractivity (Wildman–Crippen MR) is 167 cm³/mol. The van der Waals surface area contributed by atoms with E-state index in [1.165, 1.54) is 64.2 Å². The van der Waals surface area contributed by atoms with Crippen LogP contribution in [0, 0.1) is 23.7 Å². The molecule has 4 heteroatoms. The molecule has 0 heterocycles. The molecule has 0 aliphatic rings. The lowest BCUT2D eigenvalue weighted by atomic mass is 9.98. The van der Waals surface area contributed by atoms with Crippen molar-refractivity contribution in [1.29, 1.82) is 0 Å². The fourth-order valence-electron chi connectivity index (χ4n) is 5.22. The molecule has 232 valence electrons. The number of hydrogen-bond donors (Lipinski definition) is 0. The number of ether oxygens (including phenoxy) is 2. The molecular weight excluding hydrogens is 484 g/mol. The Morgan fingerprint density at radius 3 is 1.18 bits per heavy atom. The van der Waals surface area contributed by atoms with E-state index in [0.29, 0.717) is 31.5 Å². The van der Waals surface area contributed by atoms with Crippen LogP contribution < -0.4 is 0 Å². The average molecular weight is 553 g/mol. The van der Waals surface area contributed by atoms with Crippen molar-refractivity contribution in [2.75, 3.05) is 13.2 Å². The Morgan fingerprint density at radius 2 is 0.846 bits per heavy atom. The highest BCUT2D eigenvalue weighted by Gasteiger charge is 2.30. The van der Waals surface area contributed by atoms with Crippen LogP contribution in [0.25, 0.3) is 0 Å². The number of unbranched alkanes of at least 4 members (excludes halogenated alkanes) is 12. The van der Waals surface area contributed by atoms with Gasteiger partial charge >= 0.3 is 11.9 Å². The molecule has 4 nitrogen and oxygen atoms in total. The minimum atomic E-state index is -0.770. The van der Waals surface area contributed by atoms with Gasteiger partial charge in [-0.1, -0.05) is 157 Å². The van der Waals surface area contributed by atoms with E-state index in [-0.39, 0.29) is 11.9 Å². The second-order valence-electron chi connectivity index (χ2n) is 12.5. The second kappa shape index (κ2) is 27.1. The second-order valence-corrected chi connectivity index (χ2v) is 12.5. The van der Waals surface area contributed by atoms with Gasteiger partial charge in [-0.3, -0.25) is 9.59 Å². The zero-order valence-corrected chi connectivity index (χ0v) is 27.2. The summed E-state index contributed by atoms with van der Waals surface area (Å²) in [5.74, 6) is 0.0840. The smallest absolute Gasteiger partial charge is 0.320 e. The van der Waals surface area contributed by atoms with Crippen LogP contribution in [0.3, 0.4) is 0 Å². The Kier molecular flexibility index (Phi) is 26.4. The van der Waals surface area contributed by atoms with Gasteiger partial charge < -0.3 is 9.47 Å². The first-order valence-electron chi connectivity index (χ1n) is 17.2. The van der Waals surface area contributed by atoms with Crippen molar-refractivity contribution < 1.29 is 19.1 Å². The fourth-order valence-corrected chi connectivity index (χ4v) is 5.22. The van der Waals surface area contributed by atoms with Crippen LogP contribution in [0.15, 0.2) is 0 Å². The van der Waals surface area contributed by atoms with E-state index in [0.717, 1.165) is 70.1 Å². The number of carbonyl (C=O) groups is 2. The first-order chi connectivity index (χ1) is 18.9. The molecule has 0 bridgehead atoms. The van der Waals surface area contributed by atoms with Crippen molar-refractivity contribution in [1.82, 2.24) is 0 Å². The quantitative estimate of drug-likeness (QED) is 0.0550. The van der Waals surface area contributed by atoms with E-state index in [2.05, 4.69) is 41.5 Å². The maximum absolute atomic E-state index is 13.0. The van der Waals surface area contributed by atoms with Crippen molar-refractivity contribution in [3.05, 3.63) is 0 Å². The number of rotatable bonds is 28. The third-order valence-corrected chi connectivity index (χ3v) is 8.35. The van der Waals surface area contributed by atoms with Crippen molar-refractivity contribution in [2.45, 2.75) is 176 Å². The van der Waals surface area contributed by atoms with Gasteiger partial charge in [-0.05, 0) is 37.0 Å². The Hall–Kier alpha value is -1.06. The van der Waals surface area contributed by atoms with Gasteiger partial charge in [-0.25, -0.2) is 0 Å². The van der Waals surface area contributed by atoms with Crippen molar-refractivity contribution in [2.24, 2.45) is 23.7 Å². The molecule has 0 amide bonds. The summed E-state index contributed by atoms with van der Waals surface area (Å²) in [6, 6.07) is 0. The predicted octanol–water partition coefficient (Wildman–Crippen LogP) is 10.8. The Morgan fingerprint density at radius 1 is 0.487 bits per heavy atom. The molecule has 0 radical (unpaired) electrons. The van der Waals surface area contributed by atoms with Gasteiger partial charge in [0.05, 0.1) is 13.2 Å². The lowest BCUT2D eigenvalue weighted by Crippen LogP contribution is -2.30. The summed E-state index contributed by atoms with van der Waals surface area (Å²) in [6.45, 7) is 14.1. The van der Waals surface area contributed by atoms with Crippen molar-refractivity contribution in [3.8, 4) is 0 Å². The Balaban J connectivity index is 4.46. The normalized spacial score (nSPS) is 13.8. The largest absolute Gasteiger partial charge is 0.465 e. The molecule has 0 rings (SSSR count). The summed E-state index contributed by atoms with van der Waals surface area (Å²) in [5.41, 5.74) is 0. The molecule has 0 saturated carbocycles. The number of esters is 2. The van der Waals surface area contributed by atoms with Crippen molar-refractivity contribution >= 4 is 11.9 Å². The summed E-state index contributed by atoms with van der Waals surface area (Å²) in [5, 5.41) is 0. The van der Waals surface area contributed by atoms with Crippen molar-refractivity contribution in [3.63, 3.8) is 0 Å². The molecule has 39 heavy (non-hydrogen) atoms. The topological polar surface area (TPSA) is 52.6 Å². The number of hydrogen-bond acceptors (Lipinski definition) is 4. The molecule has 0 aromatic rings. The van der Waals surface area contributed by atoms with E-state index in [4.69, 9.17) is 9.47 Å². The third kappa shape index (κ3) is 22.3. The summed E-state index contributed by atoms with van der Waals surface area (Å²) in [6.07, 6.45) is 24.5. The number of carbonyl (C=O) groups excluding carboxylic acids is 2. The van der Waals surface area contributed by atoms with Crippen LogP contribution in [0.5, 0.6) is 0 Å². The summed E-state index contributed by atoms with van der Waals surface area (Å²) < 4.78 is 11.4. The van der Waals surface area contributed by atoms with Gasteiger partial charge in [-0.15, -0.1) is 0 Å². The van der Waals surface area contributed by atoms with Gasteiger partial charge in [0.2, 0.25) is 0 Å². The molecule has 2 unspecified atom stereocenters. The molecule has 0 aromatic heterocycles. The Bertz CT molecular complexity index is 527.